The fraction of sp³-hybridized carbons (Fsp3) is 0.500. The van der Waals surface area contributed by atoms with Gasteiger partial charge in [-0.25, -0.2) is 0 Å². The molecule has 0 rings (SSSR count). The zero-order valence-electron chi connectivity index (χ0n) is 16.2. The van der Waals surface area contributed by atoms with E-state index in [0.29, 0.717) is 6.42 Å². The molecule has 170 valence electrons. The van der Waals surface area contributed by atoms with Crippen molar-refractivity contribution in [2.45, 2.75) is 44.5 Å². The first-order valence-corrected chi connectivity index (χ1v) is 8.91. The number of allylic oxidation sites excluding steroid dienone is 6. The Hall–Kier alpha value is -2.52. The molecule has 4 nitrogen and oxygen atoms in total. The van der Waals surface area contributed by atoms with Gasteiger partial charge in [0.2, 0.25) is 0 Å². The van der Waals surface area contributed by atoms with Gasteiger partial charge in [0.1, 0.15) is 0 Å². The van der Waals surface area contributed by atoms with Crippen LogP contribution in [0.25, 0.3) is 0 Å². The number of esters is 2. The summed E-state index contributed by atoms with van der Waals surface area (Å²) >= 11 is 0. The molecule has 0 aromatic rings. The van der Waals surface area contributed by atoms with E-state index < -0.39 is 49.3 Å². The van der Waals surface area contributed by atoms with Crippen LogP contribution >= 0.6 is 0 Å². The summed E-state index contributed by atoms with van der Waals surface area (Å²) in [6, 6.07) is 0. The van der Waals surface area contributed by atoms with Crippen molar-refractivity contribution in [3.8, 4) is 0 Å². The highest BCUT2D eigenvalue weighted by Gasteiger charge is 2.49. The van der Waals surface area contributed by atoms with Crippen LogP contribution in [0.2, 0.25) is 0 Å². The summed E-state index contributed by atoms with van der Waals surface area (Å²) in [5, 5.41) is 0. The minimum absolute atomic E-state index is 0.00322. The maximum atomic E-state index is 12.5. The van der Waals surface area contributed by atoms with Crippen molar-refractivity contribution in [1.82, 2.24) is 0 Å². The molecular formula is C20H24F6O4. The second-order valence-electron chi connectivity index (χ2n) is 6.22. The number of halogens is 6. The summed E-state index contributed by atoms with van der Waals surface area (Å²) in [7, 11) is 0. The van der Waals surface area contributed by atoms with Crippen molar-refractivity contribution >= 4 is 11.9 Å². The van der Waals surface area contributed by atoms with Crippen molar-refractivity contribution in [3.63, 3.8) is 0 Å². The molecule has 0 saturated heterocycles. The van der Waals surface area contributed by atoms with Crippen molar-refractivity contribution in [2.75, 3.05) is 13.2 Å². The van der Waals surface area contributed by atoms with Gasteiger partial charge in [0.25, 0.3) is 0 Å². The van der Waals surface area contributed by atoms with Gasteiger partial charge in [-0.3, -0.25) is 9.59 Å². The smallest absolute Gasteiger partial charge is 0.422 e. The summed E-state index contributed by atoms with van der Waals surface area (Å²) in [5.74, 6) is -3.15. The van der Waals surface area contributed by atoms with Crippen molar-refractivity contribution in [3.05, 3.63) is 49.6 Å². The van der Waals surface area contributed by atoms with Gasteiger partial charge in [-0.15, -0.1) is 0 Å². The Balaban J connectivity index is 5.75. The molecule has 0 aliphatic heterocycles. The summed E-state index contributed by atoms with van der Waals surface area (Å²) < 4.78 is 83.3. The predicted molar refractivity (Wildman–Crippen MR) is 98.2 cm³/mol. The molecule has 0 aliphatic rings. The number of carbonyl (C=O) groups is 2. The van der Waals surface area contributed by atoms with Crippen LogP contribution in [0, 0.1) is 5.41 Å². The molecule has 30 heavy (non-hydrogen) atoms. The molecule has 0 radical (unpaired) electrons. The Kier molecular flexibility index (Phi) is 11.8. The maximum Gasteiger partial charge on any atom is 0.422 e. The monoisotopic (exact) mass is 442 g/mol. The first kappa shape index (κ1) is 27.5. The minimum Gasteiger partial charge on any atom is -0.455 e. The zero-order chi connectivity index (χ0) is 23.3. The lowest BCUT2D eigenvalue weighted by molar-refractivity contribution is -0.207. The van der Waals surface area contributed by atoms with Crippen LogP contribution in [0.1, 0.15) is 32.1 Å². The van der Waals surface area contributed by atoms with Crippen molar-refractivity contribution < 1.29 is 45.4 Å². The number of alkyl halides is 6. The van der Waals surface area contributed by atoms with Crippen LogP contribution in [-0.4, -0.2) is 37.5 Å². The number of carbonyl (C=O) groups excluding carboxylic acids is 2. The molecule has 0 atom stereocenters. The quantitative estimate of drug-likeness (QED) is 0.122. The first-order chi connectivity index (χ1) is 13.9. The van der Waals surface area contributed by atoms with E-state index >= 15 is 0 Å². The Morgan fingerprint density at radius 2 is 1.17 bits per heavy atom. The fourth-order valence-corrected chi connectivity index (χ4v) is 2.42. The zero-order valence-corrected chi connectivity index (χ0v) is 16.2. The molecule has 0 amide bonds. The number of rotatable bonds is 13. The summed E-state index contributed by atoms with van der Waals surface area (Å²) in [6.45, 7) is 2.93. The van der Waals surface area contributed by atoms with Gasteiger partial charge in [-0.1, -0.05) is 49.6 Å². The lowest BCUT2D eigenvalue weighted by Crippen LogP contribution is -2.44. The average Bonchev–Trinajstić information content (AvgIpc) is 2.64. The first-order valence-electron chi connectivity index (χ1n) is 8.91. The molecule has 0 aromatic heterocycles. The van der Waals surface area contributed by atoms with E-state index in [0.717, 1.165) is 0 Å². The maximum absolute atomic E-state index is 12.5. The molecule has 0 N–H and O–H groups in total. The Morgan fingerprint density at radius 3 is 1.57 bits per heavy atom. The third-order valence-electron chi connectivity index (χ3n) is 3.77. The third kappa shape index (κ3) is 11.5. The summed E-state index contributed by atoms with van der Waals surface area (Å²) in [5.41, 5.74) is -2.32. The van der Waals surface area contributed by atoms with Crippen molar-refractivity contribution in [1.29, 1.82) is 0 Å². The molecule has 0 heterocycles. The highest BCUT2D eigenvalue weighted by atomic mass is 19.4. The van der Waals surface area contributed by atoms with E-state index in [-0.39, 0.29) is 19.3 Å². The SMILES string of the molecule is C=C/C=C/CCCC(CC/C=C/C=C)(C(=O)OCC(F)(F)F)C(=O)OCC(F)(F)F. The van der Waals surface area contributed by atoms with E-state index in [1.54, 1.807) is 12.2 Å². The lowest BCUT2D eigenvalue weighted by Gasteiger charge is -2.29. The van der Waals surface area contributed by atoms with E-state index in [2.05, 4.69) is 22.6 Å². The largest absolute Gasteiger partial charge is 0.455 e. The molecule has 0 unspecified atom stereocenters. The molecule has 10 heteroatoms. The second-order valence-corrected chi connectivity index (χ2v) is 6.22. The predicted octanol–water partition coefficient (Wildman–Crippen LogP) is 5.62. The highest BCUT2D eigenvalue weighted by Crippen LogP contribution is 2.36. The van der Waals surface area contributed by atoms with Crippen molar-refractivity contribution in [2.24, 2.45) is 5.41 Å². The number of hydrogen-bond acceptors (Lipinski definition) is 4. The Bertz CT molecular complexity index is 602. The molecular weight excluding hydrogens is 418 g/mol. The van der Waals surface area contributed by atoms with Crippen LogP contribution in [-0.2, 0) is 19.1 Å². The van der Waals surface area contributed by atoms with E-state index in [1.165, 1.54) is 24.3 Å². The molecule has 0 bridgehead atoms. The number of hydrogen-bond donors (Lipinski definition) is 0. The summed E-state index contributed by atoms with van der Waals surface area (Å²) in [6.07, 6.45) is -1.12. The second kappa shape index (κ2) is 12.9. The Morgan fingerprint density at radius 1 is 0.733 bits per heavy atom. The van der Waals surface area contributed by atoms with E-state index in [1.807, 2.05) is 0 Å². The van der Waals surface area contributed by atoms with E-state index in [4.69, 9.17) is 0 Å². The van der Waals surface area contributed by atoms with Crippen LogP contribution in [0.4, 0.5) is 26.3 Å². The molecule has 0 fully saturated rings. The lowest BCUT2D eigenvalue weighted by atomic mass is 9.78. The van der Waals surface area contributed by atoms with Gasteiger partial charge in [0.15, 0.2) is 18.6 Å². The molecule has 0 spiro atoms. The van der Waals surface area contributed by atoms with Crippen LogP contribution < -0.4 is 0 Å². The van der Waals surface area contributed by atoms with Gasteiger partial charge >= 0.3 is 24.3 Å². The minimum atomic E-state index is -4.87. The molecule has 0 aliphatic carbocycles. The van der Waals surface area contributed by atoms with Gasteiger partial charge in [-0.2, -0.15) is 26.3 Å². The third-order valence-corrected chi connectivity index (χ3v) is 3.77. The number of unbranched alkanes of at least 4 members (excludes halogenated alkanes) is 1. The highest BCUT2D eigenvalue weighted by molar-refractivity contribution is 6.00. The Labute approximate surface area is 170 Å². The summed E-state index contributed by atoms with van der Waals surface area (Å²) in [4.78, 5) is 25.0. The van der Waals surface area contributed by atoms with Crippen LogP contribution in [0.3, 0.4) is 0 Å². The fourth-order valence-electron chi connectivity index (χ4n) is 2.42. The van der Waals surface area contributed by atoms with Crippen LogP contribution in [0.15, 0.2) is 49.6 Å². The van der Waals surface area contributed by atoms with Gasteiger partial charge in [0.05, 0.1) is 0 Å². The standard InChI is InChI=1S/C20H24F6O4/c1-3-5-7-9-11-13-18(12-10-8-6-4-2,16(27)29-14-19(21,22)23)17(28)30-15-20(24,25)26/h3-8H,1-2,9-15H2/b7-5+,8-6+. The normalized spacial score (nSPS) is 12.9. The van der Waals surface area contributed by atoms with Gasteiger partial charge in [-0.05, 0) is 32.1 Å². The number of ether oxygens (including phenoxy) is 2. The van der Waals surface area contributed by atoms with E-state index in [9.17, 15) is 35.9 Å². The van der Waals surface area contributed by atoms with Crippen LogP contribution in [0.5, 0.6) is 0 Å². The topological polar surface area (TPSA) is 52.6 Å². The van der Waals surface area contributed by atoms with Gasteiger partial charge < -0.3 is 9.47 Å². The molecule has 0 aromatic carbocycles. The molecule has 0 saturated carbocycles. The van der Waals surface area contributed by atoms with Gasteiger partial charge in [0, 0.05) is 0 Å². The average molecular weight is 442 g/mol.